The first-order valence-electron chi connectivity index (χ1n) is 10.6. The van der Waals surface area contributed by atoms with Crippen molar-refractivity contribution < 1.29 is 24.9 Å². The number of nitrogens with one attached hydrogen (secondary N) is 6. The topological polar surface area (TPSA) is 214 Å². The average molecular weight is 563 g/mol. The monoisotopic (exact) mass is 562 g/mol. The smallest absolute Gasteiger partial charge is 0.290 e. The molecular formula is C23H26N6O5S3. The van der Waals surface area contributed by atoms with Gasteiger partial charge in [-0.3, -0.25) is 31.2 Å². The summed E-state index contributed by atoms with van der Waals surface area (Å²) < 4.78 is 0. The number of carbonyl (C=O) groups excluding carboxylic acids is 2. The molecule has 9 N–H and O–H groups in total. The fourth-order valence-electron chi connectivity index (χ4n) is 2.67. The predicted molar refractivity (Wildman–Crippen MR) is 148 cm³/mol. The van der Waals surface area contributed by atoms with Crippen LogP contribution in [0.1, 0.15) is 23.7 Å². The van der Waals surface area contributed by atoms with Gasteiger partial charge in [0.2, 0.25) is 0 Å². The molecule has 0 radical (unpaired) electrons. The molecule has 1 atom stereocenters. The number of hydrogen-bond donors (Lipinski definition) is 9. The van der Waals surface area contributed by atoms with Gasteiger partial charge in [-0.1, -0.05) is 60.7 Å². The fourth-order valence-corrected chi connectivity index (χ4v) is 4.95. The Balaban J connectivity index is 1.64. The van der Waals surface area contributed by atoms with Gasteiger partial charge in [-0.05, 0) is 34.8 Å². The van der Waals surface area contributed by atoms with Crippen LogP contribution >= 0.6 is 35.3 Å². The van der Waals surface area contributed by atoms with Gasteiger partial charge in [0.05, 0.1) is 10.1 Å². The molecule has 14 heteroatoms. The second-order valence-electron chi connectivity index (χ2n) is 7.31. The van der Waals surface area contributed by atoms with E-state index in [4.69, 9.17) is 21.6 Å². The van der Waals surface area contributed by atoms with Crippen LogP contribution in [0.25, 0.3) is 0 Å². The highest BCUT2D eigenvalue weighted by Crippen LogP contribution is 2.19. The maximum Gasteiger partial charge on any atom is 0.290 e. The van der Waals surface area contributed by atoms with Crippen LogP contribution in [0.2, 0.25) is 0 Å². The molecule has 2 rings (SSSR count). The molecule has 0 saturated carbocycles. The molecule has 0 spiro atoms. The molecule has 2 aromatic carbocycles. The van der Waals surface area contributed by atoms with Crippen molar-refractivity contribution in [2.75, 3.05) is 11.5 Å². The minimum atomic E-state index is -2.82. The Morgan fingerprint density at radius 1 is 0.838 bits per heavy atom. The fraction of sp³-hybridized carbons (Fsp3) is 0.217. The number of benzene rings is 2. The number of aliphatic hydroxyl groups excluding tert-OH is 1. The summed E-state index contributed by atoms with van der Waals surface area (Å²) in [6.45, 7) is 0. The lowest BCUT2D eigenvalue weighted by Gasteiger charge is -2.21. The van der Waals surface area contributed by atoms with E-state index in [9.17, 15) is 24.9 Å². The van der Waals surface area contributed by atoms with Gasteiger partial charge in [0.15, 0.2) is 16.4 Å². The zero-order valence-electron chi connectivity index (χ0n) is 19.4. The zero-order chi connectivity index (χ0) is 27.4. The Morgan fingerprint density at radius 3 is 2.00 bits per heavy atom. The van der Waals surface area contributed by atoms with E-state index < -0.39 is 28.9 Å². The Hall–Kier alpha value is -3.01. The van der Waals surface area contributed by atoms with Gasteiger partial charge in [0.25, 0.3) is 17.6 Å². The van der Waals surface area contributed by atoms with E-state index in [-0.39, 0.29) is 33.0 Å². The van der Waals surface area contributed by atoms with Crippen LogP contribution in [0.4, 0.5) is 0 Å². The Kier molecular flexibility index (Phi) is 12.0. The number of aliphatic hydroxyl groups is 3. The van der Waals surface area contributed by atoms with E-state index in [2.05, 4.69) is 10.6 Å². The van der Waals surface area contributed by atoms with Crippen molar-refractivity contribution in [2.45, 2.75) is 18.3 Å². The molecular weight excluding hydrogens is 536 g/mol. The standard InChI is InChI=1S/C23H26N6O5S3/c24-16(36-22(27)29-20(32)23(33,34)15-9-5-2-6-10-15)11-12-35-13-17(25)37-21(26)28-19(31)18(30)14-7-3-1-4-8-14/h1-10,18,24-25,30,33-34H,11-13H2,(H2,26,28,31)(H2,27,29,32)/t18-/m0/s1. The molecule has 0 aliphatic heterocycles. The predicted octanol–water partition coefficient (Wildman–Crippen LogP) is 2.20. The second kappa shape index (κ2) is 14.7. The van der Waals surface area contributed by atoms with E-state index in [1.807, 2.05) is 0 Å². The second-order valence-corrected chi connectivity index (χ2v) is 10.6. The molecule has 0 aliphatic carbocycles. The third kappa shape index (κ3) is 10.1. The van der Waals surface area contributed by atoms with Crippen LogP contribution in [0.3, 0.4) is 0 Å². The third-order valence-corrected chi connectivity index (χ3v) is 7.10. The molecule has 2 aromatic rings. The first kappa shape index (κ1) is 30.2. The molecule has 37 heavy (non-hydrogen) atoms. The van der Waals surface area contributed by atoms with Gasteiger partial charge in [-0.15, -0.1) is 0 Å². The minimum Gasteiger partial charge on any atom is -0.378 e. The van der Waals surface area contributed by atoms with Crippen LogP contribution < -0.4 is 10.6 Å². The highest BCUT2D eigenvalue weighted by atomic mass is 32.2. The van der Waals surface area contributed by atoms with Gasteiger partial charge in [0, 0.05) is 17.7 Å². The summed E-state index contributed by atoms with van der Waals surface area (Å²) in [5.41, 5.74) is 0.330. The molecule has 0 fully saturated rings. The molecule has 0 bridgehead atoms. The number of rotatable bonds is 9. The molecule has 0 aliphatic rings. The molecule has 2 amide bonds. The number of amidine groups is 2. The lowest BCUT2D eigenvalue weighted by molar-refractivity contribution is -0.188. The van der Waals surface area contributed by atoms with E-state index >= 15 is 0 Å². The Labute approximate surface area is 225 Å². The van der Waals surface area contributed by atoms with E-state index in [1.165, 1.54) is 36.0 Å². The van der Waals surface area contributed by atoms with Crippen molar-refractivity contribution in [1.82, 2.24) is 10.6 Å². The van der Waals surface area contributed by atoms with Crippen molar-refractivity contribution in [3.8, 4) is 0 Å². The Bertz CT molecular complexity index is 1150. The molecule has 11 nitrogen and oxygen atoms in total. The van der Waals surface area contributed by atoms with Gasteiger partial charge < -0.3 is 26.0 Å². The van der Waals surface area contributed by atoms with Crippen LogP contribution in [-0.4, -0.2) is 59.1 Å². The van der Waals surface area contributed by atoms with Crippen molar-refractivity contribution in [1.29, 1.82) is 21.6 Å². The number of hydrogen-bond acceptors (Lipinski definition) is 12. The summed E-state index contributed by atoms with van der Waals surface area (Å²) >= 11 is 2.68. The van der Waals surface area contributed by atoms with Crippen LogP contribution in [0.5, 0.6) is 0 Å². The minimum absolute atomic E-state index is 0.0491. The van der Waals surface area contributed by atoms with Gasteiger partial charge in [-0.25, -0.2) is 0 Å². The van der Waals surface area contributed by atoms with Crippen LogP contribution in [0, 0.1) is 21.6 Å². The SMILES string of the molecule is N=C(CSCCC(=N)SC(=N)NC(=O)C(O)(O)c1ccccc1)SC(=N)NC(=O)[C@@H](O)c1ccccc1. The van der Waals surface area contributed by atoms with Crippen molar-refractivity contribution in [3.63, 3.8) is 0 Å². The maximum atomic E-state index is 12.1. The summed E-state index contributed by atoms with van der Waals surface area (Å²) in [7, 11) is 0. The molecule has 0 aromatic heterocycles. The highest BCUT2D eigenvalue weighted by Gasteiger charge is 2.36. The molecule has 196 valence electrons. The Morgan fingerprint density at radius 2 is 1.38 bits per heavy atom. The quantitative estimate of drug-likeness (QED) is 0.0953. The average Bonchev–Trinajstić information content (AvgIpc) is 2.86. The normalized spacial score (nSPS) is 11.8. The van der Waals surface area contributed by atoms with Crippen molar-refractivity contribution in [2.24, 2.45) is 0 Å². The van der Waals surface area contributed by atoms with E-state index in [0.717, 1.165) is 11.8 Å². The van der Waals surface area contributed by atoms with E-state index in [1.54, 1.807) is 36.4 Å². The summed E-state index contributed by atoms with van der Waals surface area (Å²) in [6.07, 6.45) is -1.20. The summed E-state index contributed by atoms with van der Waals surface area (Å²) in [4.78, 5) is 24.2. The number of thioether (sulfide) groups is 3. The number of carbonyl (C=O) groups is 2. The van der Waals surface area contributed by atoms with Gasteiger partial charge >= 0.3 is 0 Å². The van der Waals surface area contributed by atoms with Crippen molar-refractivity contribution in [3.05, 3.63) is 71.8 Å². The van der Waals surface area contributed by atoms with Crippen LogP contribution in [0.15, 0.2) is 60.7 Å². The summed E-state index contributed by atoms with van der Waals surface area (Å²) in [5, 5.41) is 65.4. The third-order valence-electron chi connectivity index (χ3n) is 4.48. The number of amides is 2. The summed E-state index contributed by atoms with van der Waals surface area (Å²) in [6, 6.07) is 15.7. The van der Waals surface area contributed by atoms with Crippen molar-refractivity contribution >= 4 is 67.5 Å². The van der Waals surface area contributed by atoms with Gasteiger partial charge in [0.1, 0.15) is 0 Å². The molecule has 0 heterocycles. The highest BCUT2D eigenvalue weighted by molar-refractivity contribution is 8.27. The molecule has 0 saturated heterocycles. The lowest BCUT2D eigenvalue weighted by atomic mass is 10.1. The first-order chi connectivity index (χ1) is 17.5. The molecule has 0 unspecified atom stereocenters. The maximum absolute atomic E-state index is 12.1. The zero-order valence-corrected chi connectivity index (χ0v) is 21.8. The van der Waals surface area contributed by atoms with Gasteiger partial charge in [-0.2, -0.15) is 11.8 Å². The summed E-state index contributed by atoms with van der Waals surface area (Å²) in [5.74, 6) is -4.18. The van der Waals surface area contributed by atoms with Crippen LogP contribution in [-0.2, 0) is 15.4 Å². The lowest BCUT2D eigenvalue weighted by Crippen LogP contribution is -2.46. The van der Waals surface area contributed by atoms with E-state index in [0.29, 0.717) is 23.1 Å². The first-order valence-corrected chi connectivity index (χ1v) is 13.4. The largest absolute Gasteiger partial charge is 0.378 e.